The summed E-state index contributed by atoms with van der Waals surface area (Å²) in [6.07, 6.45) is 4.32. The van der Waals surface area contributed by atoms with Gasteiger partial charge in [-0.15, -0.1) is 0 Å². The number of fused-ring (bicyclic) bond motifs is 1. The van der Waals surface area contributed by atoms with E-state index in [0.29, 0.717) is 5.92 Å². The predicted molar refractivity (Wildman–Crippen MR) is 102 cm³/mol. The Hall–Kier alpha value is -2.77. The molecule has 28 heavy (non-hydrogen) atoms. The lowest BCUT2D eigenvalue weighted by Gasteiger charge is -2.28. The first-order valence-corrected chi connectivity index (χ1v) is 9.27. The zero-order valence-electron chi connectivity index (χ0n) is 16.4. The molecule has 150 valence electrons. The highest BCUT2D eigenvalue weighted by molar-refractivity contribution is 5.91. The van der Waals surface area contributed by atoms with Gasteiger partial charge in [-0.05, 0) is 43.1 Å². The average Bonchev–Trinajstić information content (AvgIpc) is 3.26. The van der Waals surface area contributed by atoms with Crippen molar-refractivity contribution >= 4 is 17.3 Å². The van der Waals surface area contributed by atoms with E-state index in [9.17, 15) is 25.0 Å². The van der Waals surface area contributed by atoms with Crippen molar-refractivity contribution in [1.29, 1.82) is 0 Å². The normalized spacial score (nSPS) is 29.5. The first kappa shape index (κ1) is 20.0. The van der Waals surface area contributed by atoms with Crippen LogP contribution in [0.5, 0.6) is 0 Å². The Morgan fingerprint density at radius 3 is 2.18 bits per heavy atom. The number of benzene rings is 1. The molecule has 0 bridgehead atoms. The molecule has 0 amide bonds. The Bertz CT molecular complexity index is 858. The quantitative estimate of drug-likeness (QED) is 0.316. The summed E-state index contributed by atoms with van der Waals surface area (Å²) in [5.41, 5.74) is -0.246. The van der Waals surface area contributed by atoms with Crippen LogP contribution in [0.25, 0.3) is 0 Å². The van der Waals surface area contributed by atoms with Gasteiger partial charge < -0.3 is 4.74 Å². The molecule has 0 aliphatic heterocycles. The number of rotatable bonds is 4. The van der Waals surface area contributed by atoms with Crippen molar-refractivity contribution in [1.82, 2.24) is 0 Å². The number of ether oxygens (including phenoxy) is 1. The van der Waals surface area contributed by atoms with Crippen molar-refractivity contribution in [3.63, 3.8) is 0 Å². The Kier molecular flexibility index (Phi) is 4.77. The minimum atomic E-state index is -0.775. The van der Waals surface area contributed by atoms with Gasteiger partial charge in [0.2, 0.25) is 0 Å². The van der Waals surface area contributed by atoms with Gasteiger partial charge in [0.25, 0.3) is 11.4 Å². The van der Waals surface area contributed by atoms with Gasteiger partial charge >= 0.3 is 5.97 Å². The zero-order valence-corrected chi connectivity index (χ0v) is 16.4. The Morgan fingerprint density at radius 2 is 1.68 bits per heavy atom. The molecule has 0 aromatic heterocycles. The first-order chi connectivity index (χ1) is 13.0. The van der Waals surface area contributed by atoms with E-state index in [0.717, 1.165) is 43.0 Å². The molecule has 0 spiro atoms. The Labute approximate surface area is 162 Å². The van der Waals surface area contributed by atoms with Crippen LogP contribution < -0.4 is 0 Å². The lowest BCUT2D eigenvalue weighted by molar-refractivity contribution is -0.394. The fraction of sp³-hybridized carbons (Fsp3) is 0.550. The van der Waals surface area contributed by atoms with Gasteiger partial charge in [0.05, 0.1) is 21.5 Å². The second-order valence-electron chi connectivity index (χ2n) is 8.85. The van der Waals surface area contributed by atoms with Gasteiger partial charge in [-0.2, -0.15) is 0 Å². The van der Waals surface area contributed by atoms with E-state index >= 15 is 0 Å². The SMILES string of the molecule is C/C=C1\CC(C)(C)CC2C[C@@]2(C)[C@H]1OC(=O)c1cc([N+](=O)[O-])cc([N+](=O)[O-])c1. The topological polar surface area (TPSA) is 113 Å². The standard InChI is InChI=1S/C20H24N2O6/c1-5-12-9-19(2,3)10-14-11-20(14,4)17(12)28-18(23)13-6-15(21(24)25)8-16(7-13)22(26)27/h5-8,14,17H,9-11H2,1-4H3/b12-5+/t14?,17-,20+/m0/s1. The summed E-state index contributed by atoms with van der Waals surface area (Å²) < 4.78 is 5.83. The second-order valence-corrected chi connectivity index (χ2v) is 8.85. The number of allylic oxidation sites excluding steroid dienone is 1. The molecule has 3 rings (SSSR count). The van der Waals surface area contributed by atoms with Crippen LogP contribution in [0.4, 0.5) is 11.4 Å². The number of nitro groups is 2. The number of carbonyl (C=O) groups excluding carboxylic acids is 1. The summed E-state index contributed by atoms with van der Waals surface area (Å²) in [5, 5.41) is 22.2. The fourth-order valence-electron chi connectivity index (χ4n) is 4.47. The van der Waals surface area contributed by atoms with Gasteiger partial charge in [0.15, 0.2) is 0 Å². The van der Waals surface area contributed by atoms with Crippen LogP contribution in [0.2, 0.25) is 0 Å². The number of carbonyl (C=O) groups is 1. The van der Waals surface area contributed by atoms with Crippen LogP contribution in [0.1, 0.15) is 57.3 Å². The monoisotopic (exact) mass is 388 g/mol. The van der Waals surface area contributed by atoms with Crippen LogP contribution in [0.15, 0.2) is 29.8 Å². The summed E-state index contributed by atoms with van der Waals surface area (Å²) in [7, 11) is 0. The highest BCUT2D eigenvalue weighted by Crippen LogP contribution is 2.64. The fourth-order valence-corrected chi connectivity index (χ4v) is 4.47. The van der Waals surface area contributed by atoms with Crippen LogP contribution in [-0.2, 0) is 4.74 Å². The van der Waals surface area contributed by atoms with Gasteiger partial charge in [-0.1, -0.05) is 26.8 Å². The van der Waals surface area contributed by atoms with Gasteiger partial charge in [-0.3, -0.25) is 20.2 Å². The largest absolute Gasteiger partial charge is 0.454 e. The lowest BCUT2D eigenvalue weighted by Crippen LogP contribution is -2.29. The third-order valence-corrected chi connectivity index (χ3v) is 6.03. The third-order valence-electron chi connectivity index (χ3n) is 6.03. The van der Waals surface area contributed by atoms with Gasteiger partial charge in [0, 0.05) is 17.5 Å². The van der Waals surface area contributed by atoms with Gasteiger partial charge in [0.1, 0.15) is 6.10 Å². The molecule has 8 nitrogen and oxygen atoms in total. The number of non-ortho nitro benzene ring substituents is 2. The summed E-state index contributed by atoms with van der Waals surface area (Å²) >= 11 is 0. The smallest absolute Gasteiger partial charge is 0.339 e. The molecule has 1 aromatic rings. The minimum absolute atomic E-state index is 0.0930. The molecule has 0 radical (unpaired) electrons. The molecule has 0 N–H and O–H groups in total. The van der Waals surface area contributed by atoms with E-state index in [1.807, 2.05) is 13.0 Å². The molecule has 2 fully saturated rings. The number of esters is 1. The molecule has 1 aromatic carbocycles. The van der Waals surface area contributed by atoms with Crippen LogP contribution in [0.3, 0.4) is 0 Å². The molecule has 2 aliphatic carbocycles. The van der Waals surface area contributed by atoms with Crippen LogP contribution in [0, 0.1) is 37.0 Å². The molecule has 2 aliphatic rings. The molecule has 2 saturated carbocycles. The Balaban J connectivity index is 1.94. The van der Waals surface area contributed by atoms with E-state index < -0.39 is 33.3 Å². The van der Waals surface area contributed by atoms with E-state index in [4.69, 9.17) is 4.74 Å². The predicted octanol–water partition coefficient (Wildman–Crippen LogP) is 4.82. The maximum Gasteiger partial charge on any atom is 0.339 e. The molecule has 0 heterocycles. The summed E-state index contributed by atoms with van der Waals surface area (Å²) in [5.74, 6) is -0.333. The summed E-state index contributed by atoms with van der Waals surface area (Å²) in [6, 6.07) is 2.89. The molecule has 8 heteroatoms. The molecular formula is C20H24N2O6. The van der Waals surface area contributed by atoms with Crippen LogP contribution >= 0.6 is 0 Å². The highest BCUT2D eigenvalue weighted by atomic mass is 16.6. The van der Waals surface area contributed by atoms with Crippen LogP contribution in [-0.4, -0.2) is 21.9 Å². The Morgan fingerprint density at radius 1 is 1.11 bits per heavy atom. The van der Waals surface area contributed by atoms with Crippen molar-refractivity contribution in [2.75, 3.05) is 0 Å². The lowest BCUT2D eigenvalue weighted by atomic mass is 9.81. The van der Waals surface area contributed by atoms with Gasteiger partial charge in [-0.25, -0.2) is 4.79 Å². The highest BCUT2D eigenvalue weighted by Gasteiger charge is 2.60. The summed E-state index contributed by atoms with van der Waals surface area (Å²) in [6.45, 7) is 8.40. The van der Waals surface area contributed by atoms with Crippen molar-refractivity contribution in [2.45, 2.75) is 53.1 Å². The number of nitro benzene ring substituents is 2. The number of hydrogen-bond donors (Lipinski definition) is 0. The third kappa shape index (κ3) is 3.63. The number of hydrogen-bond acceptors (Lipinski definition) is 6. The minimum Gasteiger partial charge on any atom is -0.454 e. The zero-order chi connectivity index (χ0) is 20.9. The molecule has 1 unspecified atom stereocenters. The maximum absolute atomic E-state index is 12.8. The van der Waals surface area contributed by atoms with Crippen molar-refractivity contribution in [2.24, 2.45) is 16.7 Å². The van der Waals surface area contributed by atoms with E-state index in [1.165, 1.54) is 0 Å². The van der Waals surface area contributed by atoms with Crippen molar-refractivity contribution in [3.8, 4) is 0 Å². The summed E-state index contributed by atoms with van der Waals surface area (Å²) in [4.78, 5) is 33.5. The maximum atomic E-state index is 12.8. The number of nitrogens with zero attached hydrogens (tertiary/aromatic N) is 2. The second kappa shape index (κ2) is 6.68. The molecule has 3 atom stereocenters. The molecular weight excluding hydrogens is 364 g/mol. The van der Waals surface area contributed by atoms with Crippen molar-refractivity contribution < 1.29 is 19.4 Å². The van der Waals surface area contributed by atoms with E-state index in [1.54, 1.807) is 0 Å². The average molecular weight is 388 g/mol. The van der Waals surface area contributed by atoms with E-state index in [2.05, 4.69) is 20.8 Å². The van der Waals surface area contributed by atoms with E-state index in [-0.39, 0.29) is 16.4 Å². The van der Waals surface area contributed by atoms with Crippen molar-refractivity contribution in [3.05, 3.63) is 55.6 Å². The first-order valence-electron chi connectivity index (χ1n) is 9.27. The molecule has 0 saturated heterocycles.